The van der Waals surface area contributed by atoms with Crippen LogP contribution in [0.3, 0.4) is 0 Å². The quantitative estimate of drug-likeness (QED) is 0.750. The smallest absolute Gasteiger partial charge is 0.00178 e. The van der Waals surface area contributed by atoms with Crippen molar-refractivity contribution >= 4 is 0 Å². The van der Waals surface area contributed by atoms with Crippen LogP contribution in [0.2, 0.25) is 0 Å². The maximum absolute atomic E-state index is 3.58. The maximum atomic E-state index is 3.58. The first-order valence-corrected chi connectivity index (χ1v) is 8.31. The lowest BCUT2D eigenvalue weighted by Crippen LogP contribution is -2.36. The molecule has 0 bridgehead atoms. The molecule has 1 aromatic carbocycles. The average molecular weight is 273 g/mol. The Labute approximate surface area is 125 Å². The third-order valence-electron chi connectivity index (χ3n) is 4.73. The standard InChI is InChI=1S/C19H31N/c1-5-12-20-14-17-9-8-16(17)13-15-6-10-18(11-7-15)19(2,3)4/h6-7,10-11,16-17,20H,5,8-9,12-14H2,1-4H3. The third-order valence-corrected chi connectivity index (χ3v) is 4.73. The van der Waals surface area contributed by atoms with Crippen molar-refractivity contribution in [2.75, 3.05) is 13.1 Å². The number of hydrogen-bond donors (Lipinski definition) is 1. The second-order valence-electron chi connectivity index (χ2n) is 7.45. The first-order chi connectivity index (χ1) is 9.50. The Hall–Kier alpha value is -0.820. The summed E-state index contributed by atoms with van der Waals surface area (Å²) in [7, 11) is 0. The summed E-state index contributed by atoms with van der Waals surface area (Å²) in [6.45, 7) is 11.5. The summed E-state index contributed by atoms with van der Waals surface area (Å²) in [5, 5.41) is 3.58. The fourth-order valence-electron chi connectivity index (χ4n) is 3.08. The van der Waals surface area contributed by atoms with Gasteiger partial charge in [-0.3, -0.25) is 0 Å². The molecule has 0 amide bonds. The van der Waals surface area contributed by atoms with Gasteiger partial charge in [0.2, 0.25) is 0 Å². The van der Waals surface area contributed by atoms with E-state index in [1.54, 1.807) is 0 Å². The lowest BCUT2D eigenvalue weighted by Gasteiger charge is -2.37. The van der Waals surface area contributed by atoms with Crippen molar-refractivity contribution in [3.05, 3.63) is 35.4 Å². The predicted octanol–water partition coefficient (Wildman–Crippen LogP) is 4.55. The highest BCUT2D eigenvalue weighted by Crippen LogP contribution is 2.36. The minimum Gasteiger partial charge on any atom is -0.316 e. The molecule has 1 fully saturated rings. The Balaban J connectivity index is 1.84. The van der Waals surface area contributed by atoms with E-state index in [1.165, 1.54) is 49.9 Å². The van der Waals surface area contributed by atoms with Crippen molar-refractivity contribution in [2.45, 2.75) is 58.8 Å². The zero-order valence-electron chi connectivity index (χ0n) is 13.7. The summed E-state index contributed by atoms with van der Waals surface area (Å²) in [6.07, 6.45) is 5.34. The molecule has 0 heterocycles. The SMILES string of the molecule is CCCNCC1CCC1Cc1ccc(C(C)(C)C)cc1. The fourth-order valence-corrected chi connectivity index (χ4v) is 3.08. The van der Waals surface area contributed by atoms with Gasteiger partial charge in [0, 0.05) is 0 Å². The van der Waals surface area contributed by atoms with Gasteiger partial charge in [0.15, 0.2) is 0 Å². The summed E-state index contributed by atoms with van der Waals surface area (Å²) in [6, 6.07) is 9.32. The van der Waals surface area contributed by atoms with Gasteiger partial charge in [-0.25, -0.2) is 0 Å². The van der Waals surface area contributed by atoms with Gasteiger partial charge in [0.1, 0.15) is 0 Å². The highest BCUT2D eigenvalue weighted by Gasteiger charge is 2.30. The van der Waals surface area contributed by atoms with Crippen LogP contribution in [-0.4, -0.2) is 13.1 Å². The number of benzene rings is 1. The van der Waals surface area contributed by atoms with E-state index in [4.69, 9.17) is 0 Å². The Kier molecular flexibility index (Phi) is 5.26. The number of rotatable bonds is 6. The second kappa shape index (κ2) is 6.76. The van der Waals surface area contributed by atoms with E-state index in [0.717, 1.165) is 11.8 Å². The molecule has 1 aliphatic carbocycles. The Morgan fingerprint density at radius 1 is 1.05 bits per heavy atom. The largest absolute Gasteiger partial charge is 0.316 e. The van der Waals surface area contributed by atoms with Crippen molar-refractivity contribution in [1.29, 1.82) is 0 Å². The molecular weight excluding hydrogens is 242 g/mol. The van der Waals surface area contributed by atoms with Crippen LogP contribution in [-0.2, 0) is 11.8 Å². The van der Waals surface area contributed by atoms with Crippen LogP contribution in [0.15, 0.2) is 24.3 Å². The van der Waals surface area contributed by atoms with E-state index in [0.29, 0.717) is 0 Å². The Morgan fingerprint density at radius 2 is 1.70 bits per heavy atom. The molecule has 1 N–H and O–H groups in total. The van der Waals surface area contributed by atoms with Gasteiger partial charge >= 0.3 is 0 Å². The van der Waals surface area contributed by atoms with Crippen molar-refractivity contribution in [3.63, 3.8) is 0 Å². The summed E-state index contributed by atoms with van der Waals surface area (Å²) in [5.41, 5.74) is 3.22. The summed E-state index contributed by atoms with van der Waals surface area (Å²) in [5.74, 6) is 1.81. The van der Waals surface area contributed by atoms with Gasteiger partial charge < -0.3 is 5.32 Å². The molecule has 1 aromatic rings. The van der Waals surface area contributed by atoms with E-state index in [-0.39, 0.29) is 5.41 Å². The van der Waals surface area contributed by atoms with Gasteiger partial charge in [-0.15, -0.1) is 0 Å². The third kappa shape index (κ3) is 4.09. The molecule has 2 atom stereocenters. The second-order valence-corrected chi connectivity index (χ2v) is 7.45. The molecule has 1 aliphatic rings. The number of nitrogens with one attached hydrogen (secondary N) is 1. The molecular formula is C19H31N. The van der Waals surface area contributed by atoms with Crippen molar-refractivity contribution in [3.8, 4) is 0 Å². The minimum atomic E-state index is 0.265. The van der Waals surface area contributed by atoms with E-state index < -0.39 is 0 Å². The molecule has 20 heavy (non-hydrogen) atoms. The molecule has 1 nitrogen and oxygen atoms in total. The normalized spacial score (nSPS) is 22.6. The van der Waals surface area contributed by atoms with E-state index in [9.17, 15) is 0 Å². The summed E-state index contributed by atoms with van der Waals surface area (Å²) < 4.78 is 0. The van der Waals surface area contributed by atoms with E-state index in [2.05, 4.69) is 57.3 Å². The molecule has 1 heteroatoms. The van der Waals surface area contributed by atoms with Crippen LogP contribution in [0.1, 0.15) is 58.1 Å². The number of hydrogen-bond acceptors (Lipinski definition) is 1. The average Bonchev–Trinajstić information content (AvgIpc) is 2.39. The lowest BCUT2D eigenvalue weighted by molar-refractivity contribution is 0.171. The molecule has 0 aromatic heterocycles. The first-order valence-electron chi connectivity index (χ1n) is 8.31. The topological polar surface area (TPSA) is 12.0 Å². The molecule has 112 valence electrons. The van der Waals surface area contributed by atoms with E-state index in [1.807, 2.05) is 0 Å². The van der Waals surface area contributed by atoms with Crippen LogP contribution in [0, 0.1) is 11.8 Å². The first kappa shape index (κ1) is 15.6. The summed E-state index contributed by atoms with van der Waals surface area (Å²) in [4.78, 5) is 0. The van der Waals surface area contributed by atoms with Gasteiger partial charge in [0.25, 0.3) is 0 Å². The molecule has 0 saturated heterocycles. The molecule has 0 radical (unpaired) electrons. The summed E-state index contributed by atoms with van der Waals surface area (Å²) >= 11 is 0. The van der Waals surface area contributed by atoms with Crippen LogP contribution in [0.4, 0.5) is 0 Å². The molecule has 2 rings (SSSR count). The van der Waals surface area contributed by atoms with E-state index >= 15 is 0 Å². The highest BCUT2D eigenvalue weighted by molar-refractivity contribution is 5.28. The minimum absolute atomic E-state index is 0.265. The lowest BCUT2D eigenvalue weighted by atomic mass is 9.70. The van der Waals surface area contributed by atoms with Crippen LogP contribution < -0.4 is 5.32 Å². The predicted molar refractivity (Wildman–Crippen MR) is 88.2 cm³/mol. The van der Waals surface area contributed by atoms with Gasteiger partial charge in [-0.05, 0) is 67.2 Å². The molecule has 1 saturated carbocycles. The van der Waals surface area contributed by atoms with Gasteiger partial charge in [0.05, 0.1) is 0 Å². The molecule has 2 unspecified atom stereocenters. The van der Waals surface area contributed by atoms with Crippen molar-refractivity contribution in [1.82, 2.24) is 5.32 Å². The van der Waals surface area contributed by atoms with Crippen LogP contribution >= 0.6 is 0 Å². The Morgan fingerprint density at radius 3 is 2.20 bits per heavy atom. The molecule has 0 aliphatic heterocycles. The van der Waals surface area contributed by atoms with Crippen LogP contribution in [0.25, 0.3) is 0 Å². The fraction of sp³-hybridized carbons (Fsp3) is 0.684. The van der Waals surface area contributed by atoms with Crippen molar-refractivity contribution < 1.29 is 0 Å². The zero-order chi connectivity index (χ0) is 14.6. The van der Waals surface area contributed by atoms with Crippen molar-refractivity contribution in [2.24, 2.45) is 11.8 Å². The van der Waals surface area contributed by atoms with Gasteiger partial charge in [-0.2, -0.15) is 0 Å². The molecule has 0 spiro atoms. The maximum Gasteiger partial charge on any atom is -0.00178 e. The van der Waals surface area contributed by atoms with Crippen LogP contribution in [0.5, 0.6) is 0 Å². The van der Waals surface area contributed by atoms with Gasteiger partial charge in [-0.1, -0.05) is 52.0 Å². The highest BCUT2D eigenvalue weighted by atomic mass is 14.9. The zero-order valence-corrected chi connectivity index (χ0v) is 13.7. The monoisotopic (exact) mass is 273 g/mol. The Bertz CT molecular complexity index is 399.